The van der Waals surface area contributed by atoms with E-state index in [1.807, 2.05) is 30.0 Å². The lowest BCUT2D eigenvalue weighted by atomic mass is 9.96. The summed E-state index contributed by atoms with van der Waals surface area (Å²) >= 11 is 7.74. The highest BCUT2D eigenvalue weighted by atomic mass is 32.2. The van der Waals surface area contributed by atoms with Crippen molar-refractivity contribution in [3.63, 3.8) is 0 Å². The molecule has 0 radical (unpaired) electrons. The Bertz CT molecular complexity index is 955. The van der Waals surface area contributed by atoms with Crippen LogP contribution in [-0.2, 0) is 0 Å². The molecule has 126 valence electrons. The first-order valence-electron chi connectivity index (χ1n) is 8.61. The lowest BCUT2D eigenvalue weighted by molar-refractivity contribution is 1.19. The Hall–Kier alpha value is -2.42. The highest BCUT2D eigenvalue weighted by molar-refractivity contribution is 8.08. The number of hydrogen-bond acceptors (Lipinski definition) is 2. The van der Waals surface area contributed by atoms with E-state index in [4.69, 9.17) is 12.2 Å². The van der Waals surface area contributed by atoms with Crippen molar-refractivity contribution >= 4 is 33.7 Å². The second-order valence-corrected chi connectivity index (χ2v) is 7.68. The van der Waals surface area contributed by atoms with Crippen LogP contribution in [-0.4, -0.2) is 4.86 Å². The molecule has 0 aliphatic carbocycles. The van der Waals surface area contributed by atoms with Gasteiger partial charge in [0.25, 0.3) is 0 Å². The summed E-state index contributed by atoms with van der Waals surface area (Å²) in [5.74, 6) is 0. The minimum Gasteiger partial charge on any atom is -0.112 e. The van der Waals surface area contributed by atoms with E-state index in [1.54, 1.807) is 0 Å². The molecule has 1 aliphatic heterocycles. The lowest BCUT2D eigenvalue weighted by Crippen LogP contribution is -2.11. The van der Waals surface area contributed by atoms with Gasteiger partial charge in [-0.05, 0) is 28.3 Å². The first-order chi connectivity index (χ1) is 12.8. The molecular formula is C24H18S2. The highest BCUT2D eigenvalue weighted by Crippen LogP contribution is 2.48. The Morgan fingerprint density at radius 1 is 0.692 bits per heavy atom. The molecule has 3 aromatic carbocycles. The summed E-state index contributed by atoms with van der Waals surface area (Å²) in [7, 11) is 0. The third kappa shape index (κ3) is 3.57. The van der Waals surface area contributed by atoms with Crippen LogP contribution in [0.3, 0.4) is 0 Å². The van der Waals surface area contributed by atoms with Gasteiger partial charge in [-0.1, -0.05) is 109 Å². The van der Waals surface area contributed by atoms with E-state index in [-0.39, 0.29) is 5.25 Å². The van der Waals surface area contributed by atoms with Gasteiger partial charge in [-0.15, -0.1) is 11.8 Å². The fourth-order valence-electron chi connectivity index (χ4n) is 3.08. The Morgan fingerprint density at radius 2 is 1.27 bits per heavy atom. The number of benzene rings is 3. The average Bonchev–Trinajstić information content (AvgIpc) is 2.75. The summed E-state index contributed by atoms with van der Waals surface area (Å²) in [6, 6.07) is 31.5. The van der Waals surface area contributed by atoms with Crippen LogP contribution in [0.25, 0.3) is 4.91 Å². The zero-order valence-corrected chi connectivity index (χ0v) is 15.8. The Morgan fingerprint density at radius 3 is 1.92 bits per heavy atom. The molecule has 0 saturated carbocycles. The summed E-state index contributed by atoms with van der Waals surface area (Å²) in [5.41, 5.74) is 4.83. The summed E-state index contributed by atoms with van der Waals surface area (Å²) in [6.45, 7) is 0. The number of thiocarbonyl (C=S) groups is 1. The van der Waals surface area contributed by atoms with Crippen molar-refractivity contribution in [2.24, 2.45) is 0 Å². The molecular weight excluding hydrogens is 352 g/mol. The number of rotatable bonds is 4. The molecule has 0 spiro atoms. The van der Waals surface area contributed by atoms with Crippen molar-refractivity contribution in [1.29, 1.82) is 0 Å². The molecule has 0 N–H and O–H groups in total. The monoisotopic (exact) mass is 370 g/mol. The molecule has 0 amide bonds. The van der Waals surface area contributed by atoms with Gasteiger partial charge in [-0.3, -0.25) is 0 Å². The van der Waals surface area contributed by atoms with Gasteiger partial charge in [0.2, 0.25) is 0 Å². The van der Waals surface area contributed by atoms with E-state index in [1.165, 1.54) is 21.6 Å². The quantitative estimate of drug-likeness (QED) is 0.363. The number of thioether (sulfide) groups is 1. The predicted octanol–water partition coefficient (Wildman–Crippen LogP) is 6.86. The van der Waals surface area contributed by atoms with Gasteiger partial charge in [0, 0.05) is 9.77 Å². The Balaban J connectivity index is 1.76. The van der Waals surface area contributed by atoms with Crippen LogP contribution < -0.4 is 0 Å². The topological polar surface area (TPSA) is 0 Å². The van der Waals surface area contributed by atoms with Crippen LogP contribution in [0.4, 0.5) is 0 Å². The minimum absolute atomic E-state index is 0.198. The Labute approximate surface area is 164 Å². The van der Waals surface area contributed by atoms with Crippen LogP contribution in [0.5, 0.6) is 0 Å². The zero-order valence-electron chi connectivity index (χ0n) is 14.2. The van der Waals surface area contributed by atoms with Gasteiger partial charge in [0.05, 0.1) is 5.25 Å². The molecule has 1 unspecified atom stereocenters. The smallest absolute Gasteiger partial charge is 0.0608 e. The summed E-state index contributed by atoms with van der Waals surface area (Å²) in [4.78, 5) is 2.20. The molecule has 0 fully saturated rings. The van der Waals surface area contributed by atoms with Crippen LogP contribution in [0.1, 0.15) is 21.9 Å². The normalized spacial score (nSPS) is 16.5. The maximum Gasteiger partial charge on any atom is 0.0608 e. The second-order valence-electron chi connectivity index (χ2n) is 6.12. The molecule has 0 aromatic heterocycles. The molecule has 0 saturated heterocycles. The maximum atomic E-state index is 5.86. The first-order valence-corrected chi connectivity index (χ1v) is 9.90. The molecule has 0 bridgehead atoms. The second kappa shape index (κ2) is 7.86. The molecule has 3 aromatic rings. The van der Waals surface area contributed by atoms with Gasteiger partial charge in [-0.25, -0.2) is 0 Å². The molecule has 26 heavy (non-hydrogen) atoms. The minimum atomic E-state index is 0.198. The summed E-state index contributed by atoms with van der Waals surface area (Å²) in [5, 5.41) is 0.198. The highest BCUT2D eigenvalue weighted by Gasteiger charge is 2.25. The molecule has 4 rings (SSSR count). The standard InChI is InChI=1S/C24H18S2/c25-23(19-12-6-2-7-13-19)21-16-17-22(18-10-4-1-5-11-18)26-24(21)20-14-8-3-9-15-20/h1-17,24H. The molecule has 0 nitrogen and oxygen atoms in total. The van der Waals surface area contributed by atoms with E-state index in [2.05, 4.69) is 84.9 Å². The van der Waals surface area contributed by atoms with E-state index >= 15 is 0 Å². The van der Waals surface area contributed by atoms with Crippen molar-refractivity contribution in [2.45, 2.75) is 5.25 Å². The summed E-state index contributed by atoms with van der Waals surface area (Å²) < 4.78 is 0. The van der Waals surface area contributed by atoms with E-state index in [0.29, 0.717) is 0 Å². The van der Waals surface area contributed by atoms with E-state index in [0.717, 1.165) is 10.4 Å². The average molecular weight is 371 g/mol. The third-order valence-electron chi connectivity index (χ3n) is 4.40. The number of allylic oxidation sites excluding steroid dienone is 2. The van der Waals surface area contributed by atoms with Gasteiger partial charge >= 0.3 is 0 Å². The maximum absolute atomic E-state index is 5.86. The van der Waals surface area contributed by atoms with Gasteiger partial charge in [0.1, 0.15) is 0 Å². The third-order valence-corrected chi connectivity index (χ3v) is 6.26. The first kappa shape index (κ1) is 17.0. The zero-order chi connectivity index (χ0) is 17.8. The van der Waals surface area contributed by atoms with Crippen molar-refractivity contribution in [3.8, 4) is 0 Å². The molecule has 1 aliphatic rings. The van der Waals surface area contributed by atoms with Crippen molar-refractivity contribution in [3.05, 3.63) is 125 Å². The molecule has 2 heteroatoms. The van der Waals surface area contributed by atoms with Crippen LogP contribution in [0, 0.1) is 0 Å². The van der Waals surface area contributed by atoms with Crippen molar-refractivity contribution in [2.75, 3.05) is 0 Å². The van der Waals surface area contributed by atoms with Gasteiger partial charge in [0.15, 0.2) is 0 Å². The van der Waals surface area contributed by atoms with Crippen LogP contribution in [0.15, 0.2) is 109 Å². The van der Waals surface area contributed by atoms with Crippen LogP contribution >= 0.6 is 24.0 Å². The predicted molar refractivity (Wildman–Crippen MR) is 117 cm³/mol. The fraction of sp³-hybridized carbons (Fsp3) is 0.0417. The summed E-state index contributed by atoms with van der Waals surface area (Å²) in [6.07, 6.45) is 4.40. The SMILES string of the molecule is S=C(C1=CC=C(c2ccccc2)SC1c1ccccc1)c1ccccc1. The van der Waals surface area contributed by atoms with Crippen molar-refractivity contribution < 1.29 is 0 Å². The van der Waals surface area contributed by atoms with Crippen LogP contribution in [0.2, 0.25) is 0 Å². The van der Waals surface area contributed by atoms with E-state index < -0.39 is 0 Å². The van der Waals surface area contributed by atoms with Crippen molar-refractivity contribution in [1.82, 2.24) is 0 Å². The molecule has 1 atom stereocenters. The lowest BCUT2D eigenvalue weighted by Gasteiger charge is -2.26. The van der Waals surface area contributed by atoms with E-state index in [9.17, 15) is 0 Å². The largest absolute Gasteiger partial charge is 0.112 e. The molecule has 1 heterocycles. The number of hydrogen-bond donors (Lipinski definition) is 0. The van der Waals surface area contributed by atoms with Gasteiger partial charge in [-0.2, -0.15) is 0 Å². The van der Waals surface area contributed by atoms with Gasteiger partial charge < -0.3 is 0 Å². The Kier molecular flexibility index (Phi) is 5.14. The fourth-order valence-corrected chi connectivity index (χ4v) is 4.76.